The molecule has 1 aromatic heterocycles. The van der Waals surface area contributed by atoms with Crippen molar-refractivity contribution in [1.82, 2.24) is 9.80 Å². The van der Waals surface area contributed by atoms with E-state index in [-0.39, 0.29) is 5.78 Å². The van der Waals surface area contributed by atoms with Gasteiger partial charge in [-0.3, -0.25) is 14.6 Å². The zero-order chi connectivity index (χ0) is 13.9. The lowest BCUT2D eigenvalue weighted by molar-refractivity contribution is 0.0178. The number of furan rings is 1. The van der Waals surface area contributed by atoms with Gasteiger partial charge in [0.2, 0.25) is 5.78 Å². The third-order valence-electron chi connectivity index (χ3n) is 3.24. The number of ketones is 1. The third-order valence-corrected chi connectivity index (χ3v) is 3.24. The highest BCUT2D eigenvalue weighted by Crippen LogP contribution is 2.10. The topological polar surface area (TPSA) is 56.9 Å². The van der Waals surface area contributed by atoms with Crippen molar-refractivity contribution in [3.05, 3.63) is 24.2 Å². The molecule has 19 heavy (non-hydrogen) atoms. The standard InChI is InChI=1S/C14H22N2O3/c1-14(2,18)11-16-7-5-15(6-8-16)10-12(17)13-4-3-9-19-13/h3-4,9,18H,5-8,10-11H2,1-2H3. The molecule has 0 aliphatic carbocycles. The lowest BCUT2D eigenvalue weighted by Gasteiger charge is -2.36. The van der Waals surface area contributed by atoms with E-state index >= 15 is 0 Å². The van der Waals surface area contributed by atoms with Crippen LogP contribution in [0.25, 0.3) is 0 Å². The first-order valence-electron chi connectivity index (χ1n) is 6.68. The fourth-order valence-electron chi connectivity index (χ4n) is 2.37. The smallest absolute Gasteiger partial charge is 0.211 e. The van der Waals surface area contributed by atoms with Crippen LogP contribution in [0.1, 0.15) is 24.4 Å². The number of β-amino-alcohol motifs (C(OH)–C–C–N with tert-alkyl or cyclic N) is 1. The second kappa shape index (κ2) is 5.86. The van der Waals surface area contributed by atoms with Gasteiger partial charge in [0.1, 0.15) is 0 Å². The van der Waals surface area contributed by atoms with E-state index in [9.17, 15) is 9.90 Å². The Morgan fingerprint density at radius 1 is 1.32 bits per heavy atom. The summed E-state index contributed by atoms with van der Waals surface area (Å²) in [5.41, 5.74) is -0.661. The Morgan fingerprint density at radius 2 is 1.95 bits per heavy atom. The number of carbonyl (C=O) groups excluding carboxylic acids is 1. The van der Waals surface area contributed by atoms with Crippen molar-refractivity contribution < 1.29 is 14.3 Å². The van der Waals surface area contributed by atoms with E-state index in [2.05, 4.69) is 9.80 Å². The van der Waals surface area contributed by atoms with Crippen LogP contribution in [0.3, 0.4) is 0 Å². The highest BCUT2D eigenvalue weighted by molar-refractivity contribution is 5.94. The lowest BCUT2D eigenvalue weighted by Crippen LogP contribution is -2.51. The average molecular weight is 266 g/mol. The predicted octanol–water partition coefficient (Wildman–Crippen LogP) is 0.851. The molecule has 2 rings (SSSR count). The SMILES string of the molecule is CC(C)(O)CN1CCN(CC(=O)c2ccco2)CC1. The molecule has 0 saturated carbocycles. The van der Waals surface area contributed by atoms with E-state index in [1.54, 1.807) is 12.1 Å². The molecule has 0 aromatic carbocycles. The van der Waals surface area contributed by atoms with Crippen LogP contribution in [-0.2, 0) is 0 Å². The Bertz CT molecular complexity index is 401. The van der Waals surface area contributed by atoms with Crippen LogP contribution in [0, 0.1) is 0 Å². The number of piperazine rings is 1. The minimum Gasteiger partial charge on any atom is -0.461 e. The van der Waals surface area contributed by atoms with Gasteiger partial charge in [-0.15, -0.1) is 0 Å². The molecule has 2 heterocycles. The van der Waals surface area contributed by atoms with E-state index in [1.807, 2.05) is 13.8 Å². The Hall–Kier alpha value is -1.17. The van der Waals surface area contributed by atoms with Crippen LogP contribution < -0.4 is 0 Å². The summed E-state index contributed by atoms with van der Waals surface area (Å²) in [6, 6.07) is 3.43. The molecule has 1 fully saturated rings. The quantitative estimate of drug-likeness (QED) is 0.801. The highest BCUT2D eigenvalue weighted by atomic mass is 16.3. The number of nitrogens with zero attached hydrogens (tertiary/aromatic N) is 2. The van der Waals surface area contributed by atoms with Crippen molar-refractivity contribution in [3.63, 3.8) is 0 Å². The molecule has 5 heteroatoms. The van der Waals surface area contributed by atoms with Crippen molar-refractivity contribution in [2.45, 2.75) is 19.4 Å². The maximum atomic E-state index is 11.9. The van der Waals surface area contributed by atoms with Crippen molar-refractivity contribution in [2.24, 2.45) is 0 Å². The summed E-state index contributed by atoms with van der Waals surface area (Å²) in [5.74, 6) is 0.458. The molecule has 0 unspecified atom stereocenters. The minimum atomic E-state index is -0.661. The van der Waals surface area contributed by atoms with E-state index in [0.717, 1.165) is 26.2 Å². The summed E-state index contributed by atoms with van der Waals surface area (Å²) >= 11 is 0. The molecule has 1 saturated heterocycles. The Balaban J connectivity index is 1.76. The first-order chi connectivity index (χ1) is 8.94. The Morgan fingerprint density at radius 3 is 2.47 bits per heavy atom. The summed E-state index contributed by atoms with van der Waals surface area (Å²) in [6.45, 7) is 8.19. The van der Waals surface area contributed by atoms with Gasteiger partial charge in [0.25, 0.3) is 0 Å². The molecule has 1 N–H and O–H groups in total. The molecule has 0 spiro atoms. The van der Waals surface area contributed by atoms with Crippen molar-refractivity contribution in [2.75, 3.05) is 39.3 Å². The van der Waals surface area contributed by atoms with E-state index in [1.165, 1.54) is 6.26 Å². The molecule has 0 radical (unpaired) electrons. The van der Waals surface area contributed by atoms with Crippen molar-refractivity contribution in [3.8, 4) is 0 Å². The fraction of sp³-hybridized carbons (Fsp3) is 0.643. The first-order valence-corrected chi connectivity index (χ1v) is 6.68. The number of rotatable bonds is 5. The maximum Gasteiger partial charge on any atom is 0.211 e. The first kappa shape index (κ1) is 14.2. The Labute approximate surface area is 113 Å². The number of aliphatic hydroxyl groups is 1. The molecular formula is C14H22N2O3. The van der Waals surface area contributed by atoms with Crippen LogP contribution in [-0.4, -0.2) is 65.6 Å². The largest absolute Gasteiger partial charge is 0.461 e. The van der Waals surface area contributed by atoms with Crippen LogP contribution in [0.2, 0.25) is 0 Å². The number of Topliss-reactive ketones (excluding diaryl/α,β-unsaturated/α-hetero) is 1. The molecule has 0 amide bonds. The molecule has 1 aromatic rings. The zero-order valence-corrected chi connectivity index (χ0v) is 11.6. The predicted molar refractivity (Wildman–Crippen MR) is 72.2 cm³/mol. The van der Waals surface area contributed by atoms with Crippen molar-refractivity contribution >= 4 is 5.78 Å². The molecular weight excluding hydrogens is 244 g/mol. The number of hydrogen-bond donors (Lipinski definition) is 1. The number of carbonyl (C=O) groups is 1. The van der Waals surface area contributed by atoms with Crippen molar-refractivity contribution in [1.29, 1.82) is 0 Å². The van der Waals surface area contributed by atoms with Gasteiger partial charge in [0.05, 0.1) is 18.4 Å². The summed E-state index contributed by atoms with van der Waals surface area (Å²) in [5, 5.41) is 9.78. The molecule has 0 atom stereocenters. The third kappa shape index (κ3) is 4.45. The van der Waals surface area contributed by atoms with Crippen LogP contribution in [0.5, 0.6) is 0 Å². The van der Waals surface area contributed by atoms with E-state index < -0.39 is 5.60 Å². The molecule has 1 aliphatic heterocycles. The van der Waals surface area contributed by atoms with Crippen LogP contribution in [0.15, 0.2) is 22.8 Å². The van der Waals surface area contributed by atoms with Gasteiger partial charge >= 0.3 is 0 Å². The average Bonchev–Trinajstić information content (AvgIpc) is 2.83. The van der Waals surface area contributed by atoms with Crippen LogP contribution in [0.4, 0.5) is 0 Å². The van der Waals surface area contributed by atoms with E-state index in [0.29, 0.717) is 18.8 Å². The Kier molecular flexibility index (Phi) is 4.39. The van der Waals surface area contributed by atoms with Gasteiger partial charge < -0.3 is 9.52 Å². The summed E-state index contributed by atoms with van der Waals surface area (Å²) in [4.78, 5) is 16.3. The summed E-state index contributed by atoms with van der Waals surface area (Å²) in [7, 11) is 0. The second-order valence-corrected chi connectivity index (χ2v) is 5.77. The zero-order valence-electron chi connectivity index (χ0n) is 11.6. The monoisotopic (exact) mass is 266 g/mol. The highest BCUT2D eigenvalue weighted by Gasteiger charge is 2.24. The number of hydrogen-bond acceptors (Lipinski definition) is 5. The summed E-state index contributed by atoms with van der Waals surface area (Å²) in [6.07, 6.45) is 1.52. The van der Waals surface area contributed by atoms with Gasteiger partial charge in [-0.05, 0) is 26.0 Å². The lowest BCUT2D eigenvalue weighted by atomic mass is 10.1. The fourth-order valence-corrected chi connectivity index (χ4v) is 2.37. The van der Waals surface area contributed by atoms with Gasteiger partial charge in [0, 0.05) is 32.7 Å². The summed E-state index contributed by atoms with van der Waals surface area (Å²) < 4.78 is 5.10. The maximum absolute atomic E-state index is 11.9. The normalized spacial score (nSPS) is 18.7. The molecule has 1 aliphatic rings. The molecule has 106 valence electrons. The van der Waals surface area contributed by atoms with Gasteiger partial charge in [0.15, 0.2) is 5.76 Å². The van der Waals surface area contributed by atoms with Gasteiger partial charge in [-0.1, -0.05) is 0 Å². The molecule has 5 nitrogen and oxygen atoms in total. The van der Waals surface area contributed by atoms with Gasteiger partial charge in [-0.2, -0.15) is 0 Å². The van der Waals surface area contributed by atoms with E-state index in [4.69, 9.17) is 4.42 Å². The second-order valence-electron chi connectivity index (χ2n) is 5.77. The minimum absolute atomic E-state index is 0.0286. The van der Waals surface area contributed by atoms with Gasteiger partial charge in [-0.25, -0.2) is 0 Å². The van der Waals surface area contributed by atoms with Crippen LogP contribution >= 0.6 is 0 Å². The molecule has 0 bridgehead atoms.